The maximum absolute atomic E-state index is 12.6. The molecule has 2 aromatic rings. The van der Waals surface area contributed by atoms with Gasteiger partial charge in [-0.15, -0.1) is 0 Å². The van der Waals surface area contributed by atoms with E-state index in [-0.39, 0.29) is 6.04 Å². The smallest absolute Gasteiger partial charge is 0.324 e. The average Bonchev–Trinajstić information content (AvgIpc) is 3.31. The Labute approximate surface area is 128 Å². The highest BCUT2D eigenvalue weighted by Gasteiger charge is 2.30. The normalized spacial score (nSPS) is 16.5. The minimum Gasteiger partial charge on any atom is -0.324 e. The third kappa shape index (κ3) is 3.50. The molecular weight excluding hydrogens is 287 g/mol. The van der Waals surface area contributed by atoms with Gasteiger partial charge in [0.05, 0.1) is 5.56 Å². The quantitative estimate of drug-likeness (QED) is 0.828. The van der Waals surface area contributed by atoms with Crippen molar-refractivity contribution in [2.45, 2.75) is 31.5 Å². The molecule has 0 bridgehead atoms. The van der Waals surface area contributed by atoms with Crippen molar-refractivity contribution >= 4 is 0 Å². The molecule has 116 valence electrons. The molecule has 0 heterocycles. The van der Waals surface area contributed by atoms with Crippen LogP contribution in [0.4, 0.5) is 13.2 Å². The first-order valence-corrected chi connectivity index (χ1v) is 7.46. The lowest BCUT2D eigenvalue weighted by molar-refractivity contribution is -0.137. The molecule has 3 rings (SSSR count). The van der Waals surface area contributed by atoms with Crippen LogP contribution in [0.15, 0.2) is 48.5 Å². The molecule has 1 fully saturated rings. The Kier molecular flexibility index (Phi) is 3.96. The molecule has 1 atom stereocenters. The van der Waals surface area contributed by atoms with Crippen LogP contribution in [0.25, 0.3) is 11.1 Å². The summed E-state index contributed by atoms with van der Waals surface area (Å²) in [5.41, 5.74) is 8.30. The number of rotatable bonds is 4. The van der Waals surface area contributed by atoms with E-state index >= 15 is 0 Å². The van der Waals surface area contributed by atoms with Gasteiger partial charge in [0.1, 0.15) is 0 Å². The van der Waals surface area contributed by atoms with Crippen LogP contribution in [0.2, 0.25) is 0 Å². The lowest BCUT2D eigenvalue weighted by Gasteiger charge is -2.12. The molecule has 2 N–H and O–H groups in total. The van der Waals surface area contributed by atoms with Gasteiger partial charge in [-0.25, -0.2) is 0 Å². The summed E-state index contributed by atoms with van der Waals surface area (Å²) in [6.45, 7) is 0. The van der Waals surface area contributed by atoms with Gasteiger partial charge in [-0.2, -0.15) is 13.2 Å². The Bertz CT molecular complexity index is 625. The lowest BCUT2D eigenvalue weighted by atomic mass is 9.98. The van der Waals surface area contributed by atoms with Crippen molar-refractivity contribution in [3.63, 3.8) is 0 Å². The fourth-order valence-corrected chi connectivity index (χ4v) is 2.62. The van der Waals surface area contributed by atoms with Crippen molar-refractivity contribution < 1.29 is 13.2 Å². The average molecular weight is 305 g/mol. The molecule has 0 aromatic heterocycles. The van der Waals surface area contributed by atoms with E-state index in [0.717, 1.165) is 41.2 Å². The molecule has 1 saturated carbocycles. The molecule has 0 spiro atoms. The number of halogens is 3. The van der Waals surface area contributed by atoms with Crippen molar-refractivity contribution in [1.82, 2.24) is 0 Å². The highest BCUT2D eigenvalue weighted by atomic mass is 19.4. The van der Waals surface area contributed by atoms with Crippen LogP contribution in [0.1, 0.15) is 36.4 Å². The van der Waals surface area contributed by atoms with Crippen molar-refractivity contribution in [2.24, 2.45) is 11.7 Å². The van der Waals surface area contributed by atoms with Gasteiger partial charge < -0.3 is 5.73 Å². The molecule has 0 unspecified atom stereocenters. The standard InChI is InChI=1S/C18H18F3N/c19-18(20,21)16-9-7-14(8-10-16)13-3-5-15(6-4-13)17(22)11-12-1-2-12/h3-10,12,17H,1-2,11,22H2/t17-/m1/s1. The van der Waals surface area contributed by atoms with Gasteiger partial charge in [0, 0.05) is 6.04 Å². The molecule has 4 heteroatoms. The zero-order valence-electron chi connectivity index (χ0n) is 12.1. The predicted octanol–water partition coefficient (Wildman–Crippen LogP) is 5.17. The third-order valence-corrected chi connectivity index (χ3v) is 4.17. The maximum Gasteiger partial charge on any atom is 0.416 e. The Hall–Kier alpha value is -1.81. The van der Waals surface area contributed by atoms with E-state index in [1.807, 2.05) is 24.3 Å². The number of hydrogen-bond acceptors (Lipinski definition) is 1. The van der Waals surface area contributed by atoms with Crippen LogP contribution < -0.4 is 5.73 Å². The number of hydrogen-bond donors (Lipinski definition) is 1. The third-order valence-electron chi connectivity index (χ3n) is 4.17. The zero-order valence-corrected chi connectivity index (χ0v) is 12.1. The molecule has 0 amide bonds. The first-order chi connectivity index (χ1) is 10.4. The van der Waals surface area contributed by atoms with Gasteiger partial charge in [0.2, 0.25) is 0 Å². The first-order valence-electron chi connectivity index (χ1n) is 7.46. The highest BCUT2D eigenvalue weighted by Crippen LogP contribution is 2.37. The van der Waals surface area contributed by atoms with Crippen LogP contribution in [0.3, 0.4) is 0 Å². The topological polar surface area (TPSA) is 26.0 Å². The monoisotopic (exact) mass is 305 g/mol. The molecule has 1 aliphatic carbocycles. The summed E-state index contributed by atoms with van der Waals surface area (Å²) in [7, 11) is 0. The minimum atomic E-state index is -4.29. The van der Waals surface area contributed by atoms with E-state index in [9.17, 15) is 13.2 Å². The van der Waals surface area contributed by atoms with Crippen molar-refractivity contribution in [3.05, 3.63) is 59.7 Å². The fraction of sp³-hybridized carbons (Fsp3) is 0.333. The number of benzene rings is 2. The van der Waals surface area contributed by atoms with E-state index in [1.54, 1.807) is 0 Å². The van der Waals surface area contributed by atoms with Gasteiger partial charge in [0.25, 0.3) is 0 Å². The predicted molar refractivity (Wildman–Crippen MR) is 81.1 cm³/mol. The SMILES string of the molecule is N[C@H](CC1CC1)c1ccc(-c2ccc(C(F)(F)F)cc2)cc1. The summed E-state index contributed by atoms with van der Waals surface area (Å²) in [4.78, 5) is 0. The summed E-state index contributed by atoms with van der Waals surface area (Å²) in [5, 5.41) is 0. The second kappa shape index (κ2) is 5.76. The van der Waals surface area contributed by atoms with E-state index in [1.165, 1.54) is 25.0 Å². The van der Waals surface area contributed by atoms with E-state index in [4.69, 9.17) is 5.73 Å². The van der Waals surface area contributed by atoms with Gasteiger partial charge >= 0.3 is 6.18 Å². The molecule has 1 nitrogen and oxygen atoms in total. The molecule has 0 radical (unpaired) electrons. The Morgan fingerprint density at radius 3 is 1.86 bits per heavy atom. The molecule has 22 heavy (non-hydrogen) atoms. The second-order valence-corrected chi connectivity index (χ2v) is 5.98. The zero-order chi connectivity index (χ0) is 15.7. The fourth-order valence-electron chi connectivity index (χ4n) is 2.62. The summed E-state index contributed by atoms with van der Waals surface area (Å²) < 4.78 is 37.7. The van der Waals surface area contributed by atoms with E-state index < -0.39 is 11.7 Å². The van der Waals surface area contributed by atoms with Crippen LogP contribution in [-0.4, -0.2) is 0 Å². The van der Waals surface area contributed by atoms with Crippen molar-refractivity contribution in [1.29, 1.82) is 0 Å². The molecule has 0 saturated heterocycles. The Morgan fingerprint density at radius 2 is 1.41 bits per heavy atom. The van der Waals surface area contributed by atoms with Crippen LogP contribution >= 0.6 is 0 Å². The molecule has 0 aliphatic heterocycles. The van der Waals surface area contributed by atoms with Crippen LogP contribution in [0, 0.1) is 5.92 Å². The van der Waals surface area contributed by atoms with E-state index in [0.29, 0.717) is 0 Å². The minimum absolute atomic E-state index is 0.0501. The van der Waals surface area contributed by atoms with Crippen LogP contribution in [-0.2, 0) is 6.18 Å². The van der Waals surface area contributed by atoms with Gasteiger partial charge in [-0.05, 0) is 41.2 Å². The summed E-state index contributed by atoms with van der Waals surface area (Å²) in [6.07, 6.45) is -0.730. The lowest BCUT2D eigenvalue weighted by Crippen LogP contribution is -2.10. The number of nitrogens with two attached hydrogens (primary N) is 1. The molecule has 2 aromatic carbocycles. The second-order valence-electron chi connectivity index (χ2n) is 5.98. The summed E-state index contributed by atoms with van der Waals surface area (Å²) in [6, 6.07) is 13.1. The Morgan fingerprint density at radius 1 is 0.909 bits per heavy atom. The maximum atomic E-state index is 12.6. The van der Waals surface area contributed by atoms with E-state index in [2.05, 4.69) is 0 Å². The largest absolute Gasteiger partial charge is 0.416 e. The van der Waals surface area contributed by atoms with Crippen LogP contribution in [0.5, 0.6) is 0 Å². The summed E-state index contributed by atoms with van der Waals surface area (Å²) in [5.74, 6) is 0.768. The van der Waals surface area contributed by atoms with Gasteiger partial charge in [-0.1, -0.05) is 49.2 Å². The van der Waals surface area contributed by atoms with Crippen molar-refractivity contribution in [2.75, 3.05) is 0 Å². The highest BCUT2D eigenvalue weighted by molar-refractivity contribution is 5.64. The first kappa shape index (κ1) is 15.1. The Balaban J connectivity index is 1.74. The van der Waals surface area contributed by atoms with Gasteiger partial charge in [-0.3, -0.25) is 0 Å². The van der Waals surface area contributed by atoms with Crippen molar-refractivity contribution in [3.8, 4) is 11.1 Å². The summed E-state index contributed by atoms with van der Waals surface area (Å²) >= 11 is 0. The molecule has 1 aliphatic rings. The van der Waals surface area contributed by atoms with Gasteiger partial charge in [0.15, 0.2) is 0 Å². The molecular formula is C18H18F3N. The number of alkyl halides is 3.